The van der Waals surface area contributed by atoms with Gasteiger partial charge in [-0.2, -0.15) is 5.10 Å². The van der Waals surface area contributed by atoms with E-state index >= 15 is 0 Å². The van der Waals surface area contributed by atoms with Gasteiger partial charge in [0.05, 0.1) is 41.9 Å². The molecule has 4 atom stereocenters. The summed E-state index contributed by atoms with van der Waals surface area (Å²) in [6, 6.07) is 21.2. The van der Waals surface area contributed by atoms with Gasteiger partial charge in [0.1, 0.15) is 6.04 Å². The van der Waals surface area contributed by atoms with Gasteiger partial charge in [0.2, 0.25) is 11.8 Å². The molecule has 196 valence electrons. The fourth-order valence-electron chi connectivity index (χ4n) is 5.84. The van der Waals surface area contributed by atoms with Gasteiger partial charge in [-0.05, 0) is 41.8 Å². The Morgan fingerprint density at radius 2 is 1.54 bits per heavy atom. The van der Waals surface area contributed by atoms with E-state index in [1.165, 1.54) is 0 Å². The monoisotopic (exact) mass is 521 g/mol. The first-order chi connectivity index (χ1) is 19.0. The molecule has 39 heavy (non-hydrogen) atoms. The van der Waals surface area contributed by atoms with Crippen LogP contribution < -0.4 is 4.90 Å². The van der Waals surface area contributed by atoms with Crippen molar-refractivity contribution in [2.45, 2.75) is 31.8 Å². The molecular formula is C31H27N3O5. The van der Waals surface area contributed by atoms with Crippen LogP contribution in [0, 0.1) is 11.8 Å². The highest BCUT2D eigenvalue weighted by atomic mass is 16.5. The predicted octanol–water partition coefficient (Wildman–Crippen LogP) is 4.41. The van der Waals surface area contributed by atoms with Crippen molar-refractivity contribution < 1.29 is 23.9 Å². The van der Waals surface area contributed by atoms with Gasteiger partial charge in [-0.15, -0.1) is 0 Å². The highest BCUT2D eigenvalue weighted by Crippen LogP contribution is 2.53. The summed E-state index contributed by atoms with van der Waals surface area (Å²) in [5, 5.41) is 6.23. The van der Waals surface area contributed by atoms with Crippen molar-refractivity contribution in [3.05, 3.63) is 101 Å². The van der Waals surface area contributed by atoms with Gasteiger partial charge in [-0.25, -0.2) is 9.69 Å². The molecular weight excluding hydrogens is 494 g/mol. The van der Waals surface area contributed by atoms with Gasteiger partial charge in [-0.3, -0.25) is 19.4 Å². The Morgan fingerprint density at radius 3 is 2.28 bits per heavy atom. The molecule has 3 aromatic rings. The molecule has 0 unspecified atom stereocenters. The van der Waals surface area contributed by atoms with Crippen molar-refractivity contribution in [1.82, 2.24) is 5.01 Å². The summed E-state index contributed by atoms with van der Waals surface area (Å²) in [5.41, 5.74) is 2.87. The molecule has 0 saturated carbocycles. The second-order valence-electron chi connectivity index (χ2n) is 9.97. The van der Waals surface area contributed by atoms with Crippen LogP contribution in [0.15, 0.2) is 84.0 Å². The van der Waals surface area contributed by atoms with E-state index < -0.39 is 35.8 Å². The van der Waals surface area contributed by atoms with Crippen molar-refractivity contribution in [2.75, 3.05) is 11.5 Å². The molecule has 2 amide bonds. The number of imide groups is 1. The summed E-state index contributed by atoms with van der Waals surface area (Å²) in [6.07, 6.45) is 3.37. The third-order valence-corrected chi connectivity index (χ3v) is 7.71. The number of hydrogen-bond acceptors (Lipinski definition) is 7. The van der Waals surface area contributed by atoms with E-state index in [9.17, 15) is 19.2 Å². The molecule has 2 saturated heterocycles. The fraction of sp³-hybridized carbons (Fsp3) is 0.258. The van der Waals surface area contributed by atoms with E-state index in [0.29, 0.717) is 23.4 Å². The molecule has 0 radical (unpaired) electrons. The Balaban J connectivity index is 1.37. The van der Waals surface area contributed by atoms with Crippen LogP contribution in [0.4, 0.5) is 5.69 Å². The number of esters is 1. The van der Waals surface area contributed by atoms with Crippen molar-refractivity contribution in [1.29, 1.82) is 0 Å². The summed E-state index contributed by atoms with van der Waals surface area (Å²) in [7, 11) is 0. The molecule has 0 bridgehead atoms. The number of fused-ring (bicyclic) bond motifs is 5. The second kappa shape index (κ2) is 9.94. The first-order valence-electron chi connectivity index (χ1n) is 13.2. The third-order valence-electron chi connectivity index (χ3n) is 7.71. The fourth-order valence-corrected chi connectivity index (χ4v) is 5.84. The van der Waals surface area contributed by atoms with Gasteiger partial charge >= 0.3 is 5.97 Å². The molecule has 3 heterocycles. The van der Waals surface area contributed by atoms with E-state index in [1.54, 1.807) is 59.8 Å². The minimum absolute atomic E-state index is 0.252. The van der Waals surface area contributed by atoms with Crippen LogP contribution in [0.2, 0.25) is 0 Å². The molecule has 0 spiro atoms. The largest absolute Gasteiger partial charge is 0.462 e. The van der Waals surface area contributed by atoms with Crippen LogP contribution in [-0.2, 0) is 14.3 Å². The third kappa shape index (κ3) is 4.03. The maximum Gasteiger partial charge on any atom is 0.338 e. The molecule has 0 N–H and O–H groups in total. The topological polar surface area (TPSA) is 96.3 Å². The maximum atomic E-state index is 14.0. The normalized spacial score (nSPS) is 22.9. The quantitative estimate of drug-likeness (QED) is 0.198. The number of anilines is 1. The summed E-state index contributed by atoms with van der Waals surface area (Å²) in [5.74, 6) is -3.22. The second-order valence-corrected chi connectivity index (χ2v) is 9.97. The summed E-state index contributed by atoms with van der Waals surface area (Å²) >= 11 is 0. The lowest BCUT2D eigenvalue weighted by atomic mass is 9.83. The molecule has 2 fully saturated rings. The Morgan fingerprint density at radius 1 is 0.846 bits per heavy atom. The van der Waals surface area contributed by atoms with Crippen LogP contribution in [0.3, 0.4) is 0 Å². The lowest BCUT2D eigenvalue weighted by Gasteiger charge is -2.33. The first-order valence-corrected chi connectivity index (χ1v) is 13.2. The van der Waals surface area contributed by atoms with Gasteiger partial charge < -0.3 is 4.74 Å². The zero-order valence-corrected chi connectivity index (χ0v) is 21.4. The Kier molecular flexibility index (Phi) is 6.30. The zero-order valence-electron chi connectivity index (χ0n) is 21.4. The maximum absolute atomic E-state index is 14.0. The number of hydrogen-bond donors (Lipinski definition) is 0. The standard InChI is InChI=1S/C31H27N3O5/c1-2-3-17-39-31(38)20-13-15-22(16-14-20)33-29(36)24-25(30(33)37)27(28(35)19-9-5-4-6-10-19)34-26(24)23-12-8-7-11-21(23)18-32-34/h4-16,18,24-27H,2-3,17H2,1H3/t24-,25+,26+,27-/m0/s1. The van der Waals surface area contributed by atoms with Crippen LogP contribution in [0.1, 0.15) is 57.7 Å². The van der Waals surface area contributed by atoms with Gasteiger partial charge in [0.25, 0.3) is 0 Å². The number of amides is 2. The number of hydrazone groups is 1. The van der Waals surface area contributed by atoms with Crippen LogP contribution >= 0.6 is 0 Å². The molecule has 3 aromatic carbocycles. The summed E-state index contributed by atoms with van der Waals surface area (Å²) < 4.78 is 5.27. The van der Waals surface area contributed by atoms with Crippen LogP contribution in [0.25, 0.3) is 0 Å². The highest BCUT2D eigenvalue weighted by Gasteiger charge is 2.65. The minimum Gasteiger partial charge on any atom is -0.462 e. The number of carbonyl (C=O) groups excluding carboxylic acids is 4. The number of rotatable bonds is 7. The number of nitrogens with zero attached hydrogens (tertiary/aromatic N) is 3. The van der Waals surface area contributed by atoms with Gasteiger partial charge in [0.15, 0.2) is 5.78 Å². The van der Waals surface area contributed by atoms with Crippen molar-refractivity contribution in [2.24, 2.45) is 16.9 Å². The smallest absolute Gasteiger partial charge is 0.338 e. The van der Waals surface area contributed by atoms with Crippen molar-refractivity contribution in [3.63, 3.8) is 0 Å². The molecule has 6 rings (SSSR count). The number of ether oxygens (including phenoxy) is 1. The van der Waals surface area contributed by atoms with Crippen LogP contribution in [-0.4, -0.2) is 47.4 Å². The number of unbranched alkanes of at least 4 members (excludes halogenated alkanes) is 1. The summed E-state index contributed by atoms with van der Waals surface area (Å²) in [4.78, 5) is 55.3. The number of benzene rings is 3. The molecule has 8 heteroatoms. The molecule has 3 aliphatic heterocycles. The van der Waals surface area contributed by atoms with Crippen molar-refractivity contribution in [3.8, 4) is 0 Å². The molecule has 3 aliphatic rings. The van der Waals surface area contributed by atoms with E-state index in [-0.39, 0.29) is 11.7 Å². The van der Waals surface area contributed by atoms with Crippen molar-refractivity contribution >= 4 is 35.5 Å². The average Bonchev–Trinajstić information content (AvgIpc) is 3.45. The predicted molar refractivity (Wildman–Crippen MR) is 144 cm³/mol. The molecule has 8 nitrogen and oxygen atoms in total. The first kappa shape index (κ1) is 24.7. The zero-order chi connectivity index (χ0) is 27.1. The van der Waals surface area contributed by atoms with E-state index in [0.717, 1.165) is 28.9 Å². The average molecular weight is 522 g/mol. The van der Waals surface area contributed by atoms with Crippen LogP contribution in [0.5, 0.6) is 0 Å². The molecule has 0 aliphatic carbocycles. The Labute approximate surface area is 225 Å². The Hall–Kier alpha value is -4.59. The SMILES string of the molecule is CCCCOC(=O)c1ccc(N2C(=O)[C@@H]3[C@H](C2=O)[C@H]2c4ccccc4C=NN2[C@@H]3C(=O)c2ccccc2)cc1. The number of Topliss-reactive ketones (excluding diaryl/α,β-unsaturated/α-hetero) is 1. The van der Waals surface area contributed by atoms with E-state index in [2.05, 4.69) is 5.10 Å². The van der Waals surface area contributed by atoms with E-state index in [1.807, 2.05) is 37.3 Å². The van der Waals surface area contributed by atoms with E-state index in [4.69, 9.17) is 4.74 Å². The lowest BCUT2D eigenvalue weighted by Crippen LogP contribution is -2.44. The minimum atomic E-state index is -0.929. The number of ketones is 1. The number of carbonyl (C=O) groups is 4. The lowest BCUT2D eigenvalue weighted by molar-refractivity contribution is -0.124. The summed E-state index contributed by atoms with van der Waals surface area (Å²) in [6.45, 7) is 2.35. The van der Waals surface area contributed by atoms with Gasteiger partial charge in [-0.1, -0.05) is 67.9 Å². The van der Waals surface area contributed by atoms with Gasteiger partial charge in [0, 0.05) is 5.56 Å². The highest BCUT2D eigenvalue weighted by molar-refractivity contribution is 6.24. The Bertz CT molecular complexity index is 1480. The molecule has 0 aromatic heterocycles.